The predicted octanol–water partition coefficient (Wildman–Crippen LogP) is 4.66. The Morgan fingerprint density at radius 2 is 1.80 bits per heavy atom. The molecule has 1 saturated heterocycles. The first-order valence-corrected chi connectivity index (χ1v) is 16.6. The maximum atomic E-state index is 12.7. The first kappa shape index (κ1) is 31.4. The summed E-state index contributed by atoms with van der Waals surface area (Å²) in [4.78, 5) is 21.4. The summed E-state index contributed by atoms with van der Waals surface area (Å²) in [6.07, 6.45) is 6.34. The lowest BCUT2D eigenvalue weighted by Gasteiger charge is -2.21. The largest absolute Gasteiger partial charge is 0.493 e. The van der Waals surface area contributed by atoms with Crippen LogP contribution < -0.4 is 20.1 Å². The zero-order chi connectivity index (χ0) is 29.6. The summed E-state index contributed by atoms with van der Waals surface area (Å²) >= 11 is 13.3. The first-order chi connectivity index (χ1) is 19.5. The molecule has 1 aromatic heterocycles. The van der Waals surface area contributed by atoms with Crippen LogP contribution >= 0.6 is 35.0 Å². The number of halogens is 2. The van der Waals surface area contributed by atoms with Gasteiger partial charge in [0.25, 0.3) is 0 Å². The molecule has 1 aliphatic heterocycles. The fourth-order valence-electron chi connectivity index (χ4n) is 4.74. The van der Waals surface area contributed by atoms with E-state index < -0.39 is 21.1 Å². The van der Waals surface area contributed by atoms with E-state index in [0.29, 0.717) is 32.6 Å². The van der Waals surface area contributed by atoms with E-state index in [4.69, 9.17) is 32.7 Å². The number of hydrogen-bond donors (Lipinski definition) is 2. The average Bonchev–Trinajstić information content (AvgIpc) is 3.39. The van der Waals surface area contributed by atoms with Crippen LogP contribution in [-0.2, 0) is 21.1 Å². The molecule has 3 atom stereocenters. The molecule has 1 unspecified atom stereocenters. The van der Waals surface area contributed by atoms with Gasteiger partial charge in [0, 0.05) is 30.3 Å². The van der Waals surface area contributed by atoms with Gasteiger partial charge in [-0.25, -0.2) is 18.4 Å². The summed E-state index contributed by atoms with van der Waals surface area (Å²) in [5, 5.41) is 6.54. The third-order valence-electron chi connectivity index (χ3n) is 6.84. The smallest absolute Gasteiger partial charge is 0.231 e. The van der Waals surface area contributed by atoms with Gasteiger partial charge in [0.05, 0.1) is 30.0 Å². The van der Waals surface area contributed by atoms with Crippen LogP contribution in [0.15, 0.2) is 53.9 Å². The van der Waals surface area contributed by atoms with E-state index >= 15 is 0 Å². The normalized spacial score (nSPS) is 17.7. The Morgan fingerprint density at radius 1 is 1.07 bits per heavy atom. The van der Waals surface area contributed by atoms with Crippen LogP contribution in [-0.4, -0.2) is 68.5 Å². The number of ether oxygens (including phenoxy) is 2. The SMILES string of the molecule is COc1ccc(-c2cnc(SCC(=O)NC(C[C@@H]3C[C@@H](Cc4ccc(Cl)c(Cl)c4)CN3)S(C)(=O)=O)nc2)cc1OC. The molecule has 3 aromatic rings. The molecule has 0 radical (unpaired) electrons. The molecule has 0 aliphatic carbocycles. The lowest BCUT2D eigenvalue weighted by Crippen LogP contribution is -2.44. The van der Waals surface area contributed by atoms with Crippen molar-refractivity contribution in [2.45, 2.75) is 35.8 Å². The summed E-state index contributed by atoms with van der Waals surface area (Å²) in [7, 11) is -0.388. The minimum atomic E-state index is -3.53. The number of carbonyl (C=O) groups is 1. The van der Waals surface area contributed by atoms with Gasteiger partial charge < -0.3 is 20.1 Å². The van der Waals surface area contributed by atoms with E-state index in [2.05, 4.69) is 20.6 Å². The second kappa shape index (κ2) is 14.1. The van der Waals surface area contributed by atoms with Crippen molar-refractivity contribution in [1.29, 1.82) is 0 Å². The van der Waals surface area contributed by atoms with Crippen molar-refractivity contribution in [3.63, 3.8) is 0 Å². The van der Waals surface area contributed by atoms with Gasteiger partial charge in [-0.05, 0) is 67.1 Å². The highest BCUT2D eigenvalue weighted by atomic mass is 35.5. The molecule has 4 rings (SSSR count). The van der Waals surface area contributed by atoms with Gasteiger partial charge in [0.2, 0.25) is 5.91 Å². The summed E-state index contributed by atoms with van der Waals surface area (Å²) in [5.41, 5.74) is 2.71. The fourth-order valence-corrected chi connectivity index (χ4v) is 6.59. The monoisotopic (exact) mass is 638 g/mol. The quantitative estimate of drug-likeness (QED) is 0.216. The maximum absolute atomic E-state index is 12.7. The second-order valence-electron chi connectivity index (χ2n) is 9.89. The topological polar surface area (TPSA) is 120 Å². The third-order valence-corrected chi connectivity index (χ3v) is 9.79. The zero-order valence-corrected chi connectivity index (χ0v) is 26.0. The Kier molecular flexibility index (Phi) is 10.8. The van der Waals surface area contributed by atoms with E-state index in [1.54, 1.807) is 38.7 Å². The van der Waals surface area contributed by atoms with Gasteiger partial charge >= 0.3 is 0 Å². The van der Waals surface area contributed by atoms with Crippen molar-refractivity contribution in [2.75, 3.05) is 32.8 Å². The van der Waals surface area contributed by atoms with Gasteiger partial charge in [-0.3, -0.25) is 4.79 Å². The maximum Gasteiger partial charge on any atom is 0.231 e. The predicted molar refractivity (Wildman–Crippen MR) is 163 cm³/mol. The number of amides is 1. The summed E-state index contributed by atoms with van der Waals surface area (Å²) in [6, 6.07) is 11.1. The van der Waals surface area contributed by atoms with Crippen LogP contribution in [0.4, 0.5) is 0 Å². The Labute approximate surface area is 254 Å². The number of nitrogens with one attached hydrogen (secondary N) is 2. The molecule has 0 bridgehead atoms. The lowest BCUT2D eigenvalue weighted by atomic mass is 9.96. The van der Waals surface area contributed by atoms with Crippen LogP contribution in [0.25, 0.3) is 11.1 Å². The molecule has 1 amide bonds. The number of benzene rings is 2. The number of thioether (sulfide) groups is 1. The fraction of sp³-hybridized carbons (Fsp3) is 0.393. The van der Waals surface area contributed by atoms with Crippen molar-refractivity contribution in [3.8, 4) is 22.6 Å². The van der Waals surface area contributed by atoms with Gasteiger partial charge in [0.1, 0.15) is 5.37 Å². The molecule has 1 fully saturated rings. The number of rotatable bonds is 12. The van der Waals surface area contributed by atoms with Crippen molar-refractivity contribution >= 4 is 50.7 Å². The van der Waals surface area contributed by atoms with Crippen molar-refractivity contribution in [2.24, 2.45) is 5.92 Å². The van der Waals surface area contributed by atoms with Crippen molar-refractivity contribution < 1.29 is 22.7 Å². The van der Waals surface area contributed by atoms with E-state index in [0.717, 1.165) is 54.1 Å². The van der Waals surface area contributed by atoms with Crippen LogP contribution in [0.3, 0.4) is 0 Å². The average molecular weight is 640 g/mol. The van der Waals surface area contributed by atoms with Crippen molar-refractivity contribution in [1.82, 2.24) is 20.6 Å². The molecule has 2 N–H and O–H groups in total. The molecule has 0 spiro atoms. The summed E-state index contributed by atoms with van der Waals surface area (Å²) in [6.45, 7) is 0.752. The van der Waals surface area contributed by atoms with E-state index in [-0.39, 0.29) is 18.2 Å². The van der Waals surface area contributed by atoms with Gasteiger partial charge in [-0.1, -0.05) is 47.1 Å². The van der Waals surface area contributed by atoms with E-state index in [1.165, 1.54) is 0 Å². The second-order valence-corrected chi connectivity index (χ2v) is 13.9. The highest BCUT2D eigenvalue weighted by molar-refractivity contribution is 7.99. The first-order valence-electron chi connectivity index (χ1n) is 12.9. The number of carbonyl (C=O) groups excluding carboxylic acids is 1. The van der Waals surface area contributed by atoms with E-state index in [1.807, 2.05) is 24.3 Å². The third kappa shape index (κ3) is 8.71. The molecule has 41 heavy (non-hydrogen) atoms. The van der Waals surface area contributed by atoms with Crippen LogP contribution in [0.5, 0.6) is 11.5 Å². The number of sulfone groups is 1. The Hall–Kier alpha value is -2.57. The molecule has 2 aromatic carbocycles. The molecule has 1 aliphatic rings. The zero-order valence-electron chi connectivity index (χ0n) is 22.9. The highest BCUT2D eigenvalue weighted by Crippen LogP contribution is 2.32. The number of methoxy groups -OCH3 is 2. The van der Waals surface area contributed by atoms with Gasteiger partial charge in [0.15, 0.2) is 26.5 Å². The Balaban J connectivity index is 1.29. The van der Waals surface area contributed by atoms with Crippen LogP contribution in [0.2, 0.25) is 10.0 Å². The molecule has 2 heterocycles. The van der Waals surface area contributed by atoms with E-state index in [9.17, 15) is 13.2 Å². The Bertz CT molecular complexity index is 1470. The highest BCUT2D eigenvalue weighted by Gasteiger charge is 2.31. The van der Waals surface area contributed by atoms with Crippen LogP contribution in [0, 0.1) is 5.92 Å². The number of aromatic nitrogens is 2. The molecule has 9 nitrogen and oxygen atoms in total. The Morgan fingerprint density at radius 3 is 2.46 bits per heavy atom. The van der Waals surface area contributed by atoms with Gasteiger partial charge in [-0.2, -0.15) is 0 Å². The molecule has 220 valence electrons. The number of hydrogen-bond acceptors (Lipinski definition) is 9. The molecular weight excluding hydrogens is 607 g/mol. The molecular formula is C28H32Cl2N4O5S2. The number of nitrogens with zero attached hydrogens (tertiary/aromatic N) is 2. The minimum absolute atomic E-state index is 0.0141. The van der Waals surface area contributed by atoms with Crippen molar-refractivity contribution in [3.05, 3.63) is 64.4 Å². The molecule has 13 heteroatoms. The molecule has 0 saturated carbocycles. The lowest BCUT2D eigenvalue weighted by molar-refractivity contribution is -0.118. The van der Waals surface area contributed by atoms with Gasteiger partial charge in [-0.15, -0.1) is 0 Å². The standard InChI is InChI=1S/C28H32Cl2N4O5S2/c1-38-24-7-5-19(11-25(24)39-2)20-14-32-28(33-15-20)40-16-26(35)34-27(41(3,36)37)12-21-9-18(13-31-21)8-17-4-6-22(29)23(30)10-17/h4-7,10-11,14-15,18,21,27,31H,8-9,12-13,16H2,1-3H3,(H,34,35)/t18-,21+,27?/m1/s1. The summed E-state index contributed by atoms with van der Waals surface area (Å²) in [5.74, 6) is 1.12. The van der Waals surface area contributed by atoms with Crippen LogP contribution in [0.1, 0.15) is 18.4 Å². The summed E-state index contributed by atoms with van der Waals surface area (Å²) < 4.78 is 35.6. The minimum Gasteiger partial charge on any atom is -0.493 e.